The van der Waals surface area contributed by atoms with Crippen molar-refractivity contribution in [2.24, 2.45) is 5.92 Å². The van der Waals surface area contributed by atoms with Gasteiger partial charge in [0.25, 0.3) is 0 Å². The fourth-order valence-electron chi connectivity index (χ4n) is 2.45. The Morgan fingerprint density at radius 3 is 2.83 bits per heavy atom. The van der Waals surface area contributed by atoms with Crippen LogP contribution in [0, 0.1) is 10.6 Å². The molecule has 4 heteroatoms. The third-order valence-electron chi connectivity index (χ3n) is 3.30. The Balaban J connectivity index is 2.04. The largest absolute Gasteiger partial charge is 0.346 e. The monoisotopic (exact) mass is 282 g/mol. The summed E-state index contributed by atoms with van der Waals surface area (Å²) in [6.07, 6.45) is 5.30. The molecular weight excluding hydrogens is 260 g/mol. The molecule has 0 amide bonds. The summed E-state index contributed by atoms with van der Waals surface area (Å²) in [6.45, 7) is 4.50. The predicted molar refractivity (Wildman–Crippen MR) is 81.6 cm³/mol. The normalized spacial score (nSPS) is 16.6. The molecule has 0 saturated heterocycles. The molecule has 0 spiro atoms. The van der Waals surface area contributed by atoms with Crippen molar-refractivity contribution in [1.29, 1.82) is 0 Å². The minimum atomic E-state index is 0.684. The van der Waals surface area contributed by atoms with E-state index in [1.54, 1.807) is 0 Å². The van der Waals surface area contributed by atoms with Gasteiger partial charge in [-0.05, 0) is 36.5 Å². The Labute approximate surface area is 119 Å². The molecule has 1 aromatic heterocycles. The van der Waals surface area contributed by atoms with Crippen molar-refractivity contribution in [2.45, 2.75) is 51.2 Å². The van der Waals surface area contributed by atoms with Crippen LogP contribution in [-0.4, -0.2) is 15.7 Å². The molecule has 2 rings (SSSR count). The lowest BCUT2D eigenvalue weighted by atomic mass is 10.0. The van der Waals surface area contributed by atoms with Crippen LogP contribution in [0.15, 0.2) is 6.07 Å². The molecule has 1 aromatic rings. The van der Waals surface area contributed by atoms with Gasteiger partial charge in [-0.3, -0.25) is 0 Å². The van der Waals surface area contributed by atoms with Crippen LogP contribution in [0.4, 0.5) is 0 Å². The highest BCUT2D eigenvalue weighted by Gasteiger charge is 2.18. The SMILES string of the molecule is CC(C)CSCc1nc(=S)cc(C2CCCC2)[nH]1. The summed E-state index contributed by atoms with van der Waals surface area (Å²) in [5, 5.41) is 0. The molecule has 0 bridgehead atoms. The zero-order valence-corrected chi connectivity index (χ0v) is 12.9. The number of hydrogen-bond acceptors (Lipinski definition) is 3. The summed E-state index contributed by atoms with van der Waals surface area (Å²) in [6, 6.07) is 2.06. The Morgan fingerprint density at radius 1 is 1.44 bits per heavy atom. The van der Waals surface area contributed by atoms with E-state index in [0.717, 1.165) is 22.1 Å². The zero-order chi connectivity index (χ0) is 13.0. The first kappa shape index (κ1) is 14.1. The van der Waals surface area contributed by atoms with Gasteiger partial charge in [0.2, 0.25) is 0 Å². The van der Waals surface area contributed by atoms with E-state index in [0.29, 0.717) is 5.92 Å². The first-order chi connectivity index (χ1) is 8.65. The highest BCUT2D eigenvalue weighted by molar-refractivity contribution is 7.98. The van der Waals surface area contributed by atoms with E-state index in [4.69, 9.17) is 12.2 Å². The summed E-state index contributed by atoms with van der Waals surface area (Å²) in [7, 11) is 0. The molecule has 100 valence electrons. The van der Waals surface area contributed by atoms with E-state index in [9.17, 15) is 0 Å². The molecule has 2 nitrogen and oxygen atoms in total. The van der Waals surface area contributed by atoms with Crippen LogP contribution < -0.4 is 0 Å². The average molecular weight is 282 g/mol. The minimum Gasteiger partial charge on any atom is -0.346 e. The third kappa shape index (κ3) is 4.09. The number of nitrogens with one attached hydrogen (secondary N) is 1. The number of hydrogen-bond donors (Lipinski definition) is 1. The predicted octanol–water partition coefficient (Wildman–Crippen LogP) is 4.69. The van der Waals surface area contributed by atoms with E-state index in [1.807, 2.05) is 11.8 Å². The molecule has 18 heavy (non-hydrogen) atoms. The quantitative estimate of drug-likeness (QED) is 0.795. The molecule has 1 aliphatic rings. The third-order valence-corrected chi connectivity index (χ3v) is 4.89. The summed E-state index contributed by atoms with van der Waals surface area (Å²) in [5.41, 5.74) is 1.31. The molecule has 1 N–H and O–H groups in total. The van der Waals surface area contributed by atoms with Crippen LogP contribution in [0.3, 0.4) is 0 Å². The summed E-state index contributed by atoms with van der Waals surface area (Å²) < 4.78 is 0.746. The van der Waals surface area contributed by atoms with Gasteiger partial charge in [0.05, 0.1) is 5.75 Å². The highest BCUT2D eigenvalue weighted by atomic mass is 32.2. The number of aromatic nitrogens is 2. The van der Waals surface area contributed by atoms with Gasteiger partial charge in [0.1, 0.15) is 10.5 Å². The lowest BCUT2D eigenvalue weighted by Crippen LogP contribution is -2.03. The van der Waals surface area contributed by atoms with Crippen LogP contribution in [0.2, 0.25) is 0 Å². The number of thioether (sulfide) groups is 1. The summed E-state index contributed by atoms with van der Waals surface area (Å²) in [4.78, 5) is 7.94. The van der Waals surface area contributed by atoms with Gasteiger partial charge in [0, 0.05) is 5.69 Å². The van der Waals surface area contributed by atoms with E-state index in [2.05, 4.69) is 29.9 Å². The second-order valence-electron chi connectivity index (χ2n) is 5.51. The fourth-order valence-corrected chi connectivity index (χ4v) is 3.60. The van der Waals surface area contributed by atoms with Crippen molar-refractivity contribution in [3.63, 3.8) is 0 Å². The Hall–Kier alpha value is -0.350. The fraction of sp³-hybridized carbons (Fsp3) is 0.714. The first-order valence-electron chi connectivity index (χ1n) is 6.83. The van der Waals surface area contributed by atoms with Crippen LogP contribution in [0.5, 0.6) is 0 Å². The molecule has 0 aromatic carbocycles. The maximum Gasteiger partial charge on any atom is 0.130 e. The van der Waals surface area contributed by atoms with E-state index in [-0.39, 0.29) is 0 Å². The van der Waals surface area contributed by atoms with Crippen LogP contribution in [0.25, 0.3) is 0 Å². The van der Waals surface area contributed by atoms with Crippen molar-refractivity contribution < 1.29 is 0 Å². The molecule has 1 aliphatic carbocycles. The molecule has 1 saturated carbocycles. The van der Waals surface area contributed by atoms with Gasteiger partial charge >= 0.3 is 0 Å². The second kappa shape index (κ2) is 6.71. The van der Waals surface area contributed by atoms with Gasteiger partial charge in [-0.1, -0.05) is 38.9 Å². The van der Waals surface area contributed by atoms with Crippen LogP contribution in [-0.2, 0) is 5.75 Å². The van der Waals surface area contributed by atoms with Crippen molar-refractivity contribution in [1.82, 2.24) is 9.97 Å². The number of nitrogens with zero attached hydrogens (tertiary/aromatic N) is 1. The topological polar surface area (TPSA) is 28.7 Å². The van der Waals surface area contributed by atoms with Crippen molar-refractivity contribution in [2.75, 3.05) is 5.75 Å². The number of rotatable bonds is 5. The molecule has 1 fully saturated rings. The van der Waals surface area contributed by atoms with Crippen molar-refractivity contribution in [3.05, 3.63) is 22.2 Å². The number of H-pyrrole nitrogens is 1. The zero-order valence-electron chi connectivity index (χ0n) is 11.2. The van der Waals surface area contributed by atoms with Crippen LogP contribution >= 0.6 is 24.0 Å². The molecular formula is C14H22N2S2. The highest BCUT2D eigenvalue weighted by Crippen LogP contribution is 2.33. The van der Waals surface area contributed by atoms with Crippen molar-refractivity contribution in [3.8, 4) is 0 Å². The van der Waals surface area contributed by atoms with E-state index in [1.165, 1.54) is 37.1 Å². The minimum absolute atomic E-state index is 0.684. The average Bonchev–Trinajstić information content (AvgIpc) is 2.81. The molecule has 0 unspecified atom stereocenters. The lowest BCUT2D eigenvalue weighted by Gasteiger charge is -2.11. The maximum atomic E-state index is 5.28. The van der Waals surface area contributed by atoms with Gasteiger partial charge in [0.15, 0.2) is 0 Å². The van der Waals surface area contributed by atoms with Gasteiger partial charge in [-0.2, -0.15) is 11.8 Å². The Morgan fingerprint density at radius 2 is 2.17 bits per heavy atom. The molecule has 1 heterocycles. The molecule has 0 radical (unpaired) electrons. The standard InChI is InChI=1S/C14H22N2S2/c1-10(2)8-18-9-13-15-12(7-14(17)16-13)11-5-3-4-6-11/h7,10-11H,3-6,8-9H2,1-2H3,(H,15,16,17). The van der Waals surface area contributed by atoms with Crippen molar-refractivity contribution >= 4 is 24.0 Å². The Bertz CT molecular complexity index is 434. The summed E-state index contributed by atoms with van der Waals surface area (Å²) in [5.74, 6) is 4.59. The second-order valence-corrected chi connectivity index (χ2v) is 6.96. The van der Waals surface area contributed by atoms with Gasteiger partial charge in [-0.25, -0.2) is 4.98 Å². The number of aromatic amines is 1. The smallest absolute Gasteiger partial charge is 0.130 e. The van der Waals surface area contributed by atoms with E-state index < -0.39 is 0 Å². The van der Waals surface area contributed by atoms with Gasteiger partial charge < -0.3 is 4.98 Å². The van der Waals surface area contributed by atoms with Gasteiger partial charge in [-0.15, -0.1) is 0 Å². The molecule has 0 aliphatic heterocycles. The summed E-state index contributed by atoms with van der Waals surface area (Å²) >= 11 is 7.22. The first-order valence-corrected chi connectivity index (χ1v) is 8.39. The van der Waals surface area contributed by atoms with Crippen LogP contribution in [0.1, 0.15) is 57.0 Å². The lowest BCUT2D eigenvalue weighted by molar-refractivity contribution is 0.687. The maximum absolute atomic E-state index is 5.28. The van der Waals surface area contributed by atoms with E-state index >= 15 is 0 Å². The molecule has 0 atom stereocenters. The Kier molecular flexibility index (Phi) is 5.25.